The monoisotopic (exact) mass is 439 g/mol. The van der Waals surface area contributed by atoms with Gasteiger partial charge in [0.25, 0.3) is 0 Å². The molecule has 29 heavy (non-hydrogen) atoms. The van der Waals surface area contributed by atoms with Crippen LogP contribution in [-0.2, 0) is 23.5 Å². The smallest absolute Gasteiger partial charge is 0.347 e. The third kappa shape index (κ3) is 15.0. The number of carbonyl (C=O) groups is 3. The Hall–Kier alpha value is -1.56. The van der Waals surface area contributed by atoms with Crippen LogP contribution in [0.15, 0.2) is 0 Å². The first-order valence-electron chi connectivity index (χ1n) is 9.51. The van der Waals surface area contributed by atoms with Gasteiger partial charge in [-0.1, -0.05) is 0 Å². The zero-order valence-corrected chi connectivity index (χ0v) is 17.7. The first-order chi connectivity index (χ1) is 13.6. The van der Waals surface area contributed by atoms with E-state index in [-0.39, 0.29) is 19.4 Å². The lowest BCUT2D eigenvalue weighted by Gasteiger charge is -2.17. The van der Waals surface area contributed by atoms with Crippen molar-refractivity contribution in [3.63, 3.8) is 0 Å². The number of amides is 2. The van der Waals surface area contributed by atoms with Crippen LogP contribution >= 0.6 is 7.60 Å². The Balaban J connectivity index is 4.00. The molecule has 3 atom stereocenters. The first kappa shape index (κ1) is 27.4. The Bertz CT molecular complexity index is 564. The van der Waals surface area contributed by atoms with E-state index in [1.165, 1.54) is 6.92 Å². The molecule has 0 aliphatic rings. The zero-order chi connectivity index (χ0) is 22.3. The van der Waals surface area contributed by atoms with Crippen LogP contribution in [0.2, 0.25) is 0 Å². The lowest BCUT2D eigenvalue weighted by atomic mass is 10.1. The summed E-state index contributed by atoms with van der Waals surface area (Å²) in [7, 11) is -3.99. The molecule has 0 radical (unpaired) electrons. The summed E-state index contributed by atoms with van der Waals surface area (Å²) in [5, 5.41) is 16.4. The molecule has 0 heterocycles. The number of aliphatic carboxylic acids is 1. The van der Waals surface area contributed by atoms with Crippen molar-refractivity contribution in [3.05, 3.63) is 0 Å². The van der Waals surface area contributed by atoms with Crippen molar-refractivity contribution in [1.82, 2.24) is 16.0 Å². The number of hydrogen-bond acceptors (Lipinski definition) is 8. The molecule has 0 bridgehead atoms. The summed E-state index contributed by atoms with van der Waals surface area (Å²) in [5.74, 6) is -2.43. The van der Waals surface area contributed by atoms with E-state index in [0.29, 0.717) is 19.5 Å². The number of nitrogens with one attached hydrogen (secondary N) is 3. The van der Waals surface area contributed by atoms with Crippen LogP contribution in [0.3, 0.4) is 0 Å². The van der Waals surface area contributed by atoms with Gasteiger partial charge in [0, 0.05) is 6.42 Å². The highest BCUT2D eigenvalue weighted by atomic mass is 31.2. The second-order valence-electron chi connectivity index (χ2n) is 6.54. The summed E-state index contributed by atoms with van der Waals surface area (Å²) in [5.41, 5.74) is 10.7. The van der Waals surface area contributed by atoms with Crippen molar-refractivity contribution in [2.24, 2.45) is 11.5 Å². The van der Waals surface area contributed by atoms with Gasteiger partial charge in [-0.15, -0.1) is 0 Å². The van der Waals surface area contributed by atoms with E-state index in [2.05, 4.69) is 16.0 Å². The fourth-order valence-electron chi connectivity index (χ4n) is 2.09. The van der Waals surface area contributed by atoms with Crippen molar-refractivity contribution in [1.29, 1.82) is 0 Å². The van der Waals surface area contributed by atoms with E-state index < -0.39 is 43.7 Å². The summed E-state index contributed by atoms with van der Waals surface area (Å²) in [6.45, 7) is 3.54. The average Bonchev–Trinajstić information content (AvgIpc) is 2.66. The maximum absolute atomic E-state index is 11.9. The molecule has 0 spiro atoms. The van der Waals surface area contributed by atoms with E-state index in [9.17, 15) is 23.8 Å². The van der Waals surface area contributed by atoms with Gasteiger partial charge in [-0.25, -0.2) is 0 Å². The quantitative estimate of drug-likeness (QED) is 0.105. The minimum atomic E-state index is -3.99. The highest BCUT2D eigenvalue weighted by Crippen LogP contribution is 2.40. The van der Waals surface area contributed by atoms with Crippen LogP contribution in [0.5, 0.6) is 0 Å². The third-order valence-electron chi connectivity index (χ3n) is 3.82. The van der Waals surface area contributed by atoms with Crippen molar-refractivity contribution in [3.8, 4) is 0 Å². The van der Waals surface area contributed by atoms with Crippen LogP contribution in [0.25, 0.3) is 0 Å². The molecule has 0 saturated heterocycles. The summed E-state index contributed by atoms with van der Waals surface area (Å²) >= 11 is 0. The summed E-state index contributed by atoms with van der Waals surface area (Å²) in [6, 6.07) is -2.13. The van der Waals surface area contributed by atoms with Gasteiger partial charge in [-0.05, 0) is 52.2 Å². The molecule has 0 fully saturated rings. The number of carboxylic acids is 1. The van der Waals surface area contributed by atoms with Gasteiger partial charge in [0.05, 0.1) is 6.61 Å². The van der Waals surface area contributed by atoms with Crippen molar-refractivity contribution in [2.75, 3.05) is 32.5 Å². The molecule has 0 aromatic carbocycles. The van der Waals surface area contributed by atoms with Crippen LogP contribution in [-0.4, -0.2) is 72.4 Å². The molecular weight excluding hydrogens is 405 g/mol. The molecule has 13 heteroatoms. The van der Waals surface area contributed by atoms with Gasteiger partial charge in [-0.3, -0.25) is 18.9 Å². The van der Waals surface area contributed by atoms with E-state index in [4.69, 9.17) is 21.1 Å². The molecule has 0 aromatic rings. The van der Waals surface area contributed by atoms with Gasteiger partial charge in [0.2, 0.25) is 11.8 Å². The molecule has 2 amide bonds. The van der Waals surface area contributed by atoms with E-state index >= 15 is 0 Å². The molecule has 170 valence electrons. The lowest BCUT2D eigenvalue weighted by Crippen LogP contribution is -2.45. The summed E-state index contributed by atoms with van der Waals surface area (Å²) in [4.78, 5) is 43.9. The fraction of sp³-hybridized carbons (Fsp3) is 0.812. The van der Waals surface area contributed by atoms with Crippen molar-refractivity contribution < 1.29 is 33.5 Å². The molecule has 0 aliphatic heterocycles. The molecule has 0 rings (SSSR count). The second-order valence-corrected chi connectivity index (χ2v) is 8.39. The Morgan fingerprint density at radius 2 is 1.83 bits per heavy atom. The van der Waals surface area contributed by atoms with Gasteiger partial charge in [-0.2, -0.15) is 0 Å². The van der Waals surface area contributed by atoms with Crippen molar-refractivity contribution >= 4 is 25.4 Å². The summed E-state index contributed by atoms with van der Waals surface area (Å²) in [6.07, 6.45) is 1.61. The Kier molecular flexibility index (Phi) is 14.5. The molecular formula is C16H34N5O7P. The van der Waals surface area contributed by atoms with Crippen LogP contribution in [0.4, 0.5) is 0 Å². The maximum atomic E-state index is 11.9. The van der Waals surface area contributed by atoms with E-state index in [1.54, 1.807) is 0 Å². The Morgan fingerprint density at radius 3 is 2.45 bits per heavy atom. The number of hydrogen-bond donors (Lipinski definition) is 7. The minimum absolute atomic E-state index is 0.0592. The Morgan fingerprint density at radius 1 is 1.17 bits per heavy atom. The molecule has 0 aliphatic carbocycles. The predicted molar refractivity (Wildman–Crippen MR) is 107 cm³/mol. The predicted octanol–water partition coefficient (Wildman–Crippen LogP) is -1.32. The van der Waals surface area contributed by atoms with Gasteiger partial charge in [0.15, 0.2) is 0 Å². The molecule has 12 nitrogen and oxygen atoms in total. The second kappa shape index (κ2) is 15.3. The SMILES string of the molecule is C[C@H](NC(=O)CC[C@H](N)C(=O)O)C(=O)NCP(=O)(O)OCCCNCCCCN. The number of unbranched alkanes of at least 4 members (excludes halogenated alkanes) is 1. The fourth-order valence-corrected chi connectivity index (χ4v) is 2.95. The number of carboxylic acid groups (broad SMARTS) is 1. The largest absolute Gasteiger partial charge is 0.480 e. The normalized spacial score (nSPS) is 15.2. The maximum Gasteiger partial charge on any atom is 0.347 e. The number of rotatable bonds is 17. The van der Waals surface area contributed by atoms with Gasteiger partial charge >= 0.3 is 13.6 Å². The van der Waals surface area contributed by atoms with Crippen LogP contribution < -0.4 is 27.4 Å². The van der Waals surface area contributed by atoms with E-state index in [0.717, 1.165) is 19.4 Å². The number of nitrogens with two attached hydrogens (primary N) is 2. The topological polar surface area (TPSA) is 206 Å². The van der Waals surface area contributed by atoms with Gasteiger partial charge in [0.1, 0.15) is 18.4 Å². The van der Waals surface area contributed by atoms with Crippen molar-refractivity contribution in [2.45, 2.75) is 51.1 Å². The molecule has 1 unspecified atom stereocenters. The highest BCUT2D eigenvalue weighted by molar-refractivity contribution is 7.52. The molecule has 9 N–H and O–H groups in total. The summed E-state index contributed by atoms with van der Waals surface area (Å²) < 4.78 is 16.8. The van der Waals surface area contributed by atoms with Gasteiger partial charge < -0.3 is 41.9 Å². The minimum Gasteiger partial charge on any atom is -0.480 e. The Labute approximate surface area is 170 Å². The average molecular weight is 439 g/mol. The zero-order valence-electron chi connectivity index (χ0n) is 16.8. The van der Waals surface area contributed by atoms with E-state index in [1.807, 2.05) is 0 Å². The van der Waals surface area contributed by atoms with Crippen LogP contribution in [0.1, 0.15) is 39.0 Å². The van der Waals surface area contributed by atoms with Crippen LogP contribution in [0, 0.1) is 0 Å². The standard InChI is InChI=1S/C16H34N5O7P/c1-12(21-14(22)6-5-13(18)16(24)25)15(23)20-11-29(26,27)28-10-4-9-19-8-3-2-7-17/h12-13,19H,2-11,17-18H2,1H3,(H,20,23)(H,21,22)(H,24,25)(H,26,27)/t12-,13-/m0/s1. The molecule has 0 saturated carbocycles. The lowest BCUT2D eigenvalue weighted by molar-refractivity contribution is -0.138. The molecule has 0 aromatic heterocycles. The third-order valence-corrected chi connectivity index (χ3v) is 4.97. The first-order valence-corrected chi connectivity index (χ1v) is 11.3. The number of carbonyl (C=O) groups excluding carboxylic acids is 2. The highest BCUT2D eigenvalue weighted by Gasteiger charge is 2.23.